The van der Waals surface area contributed by atoms with Gasteiger partial charge in [0.25, 0.3) is 0 Å². The van der Waals surface area contributed by atoms with Crippen LogP contribution < -0.4 is 10.6 Å². The Balaban J connectivity index is 2.32. The van der Waals surface area contributed by atoms with Gasteiger partial charge in [-0.1, -0.05) is 0 Å². The molecule has 0 unspecified atom stereocenters. The van der Waals surface area contributed by atoms with E-state index in [0.717, 1.165) is 19.4 Å². The zero-order valence-electron chi connectivity index (χ0n) is 6.67. The molecule has 0 saturated carbocycles. The zero-order valence-corrected chi connectivity index (χ0v) is 7.56. The molecule has 0 aromatic rings. The van der Waals surface area contributed by atoms with Gasteiger partial charge in [0, 0.05) is 0 Å². The Labute approximate surface area is 76.5 Å². The Hall–Kier alpha value is -0.550. The minimum absolute atomic E-state index is 0.0540. The Morgan fingerprint density at radius 1 is 1.58 bits per heavy atom. The summed E-state index contributed by atoms with van der Waals surface area (Å²) >= 11 is 3.75. The highest BCUT2D eigenvalue weighted by Gasteiger charge is 2.22. The quantitative estimate of drug-likeness (QED) is 0.503. The molecule has 68 valence electrons. The number of imide groups is 1. The lowest BCUT2D eigenvalue weighted by Crippen LogP contribution is -2.43. The first-order valence-corrected chi connectivity index (χ1v) is 4.55. The molecule has 0 aliphatic carbocycles. The highest BCUT2D eigenvalue weighted by Crippen LogP contribution is 2.04. The summed E-state index contributed by atoms with van der Waals surface area (Å²) in [5, 5.41) is 5.25. The van der Waals surface area contributed by atoms with Gasteiger partial charge in [-0.25, -0.2) is 0 Å². The van der Waals surface area contributed by atoms with Crippen molar-refractivity contribution in [2.24, 2.45) is 0 Å². The SMILES string of the molecule is O=C(CS)NC(=O)[C@@H]1CCCN1. The lowest BCUT2D eigenvalue weighted by atomic mass is 10.2. The second kappa shape index (κ2) is 4.47. The van der Waals surface area contributed by atoms with Gasteiger partial charge >= 0.3 is 0 Å². The monoisotopic (exact) mass is 188 g/mol. The van der Waals surface area contributed by atoms with E-state index in [1.807, 2.05) is 0 Å². The van der Waals surface area contributed by atoms with Crippen molar-refractivity contribution in [1.29, 1.82) is 0 Å². The maximum Gasteiger partial charge on any atom is 0.243 e. The molecule has 1 saturated heterocycles. The van der Waals surface area contributed by atoms with Gasteiger partial charge in [-0.05, 0) is 19.4 Å². The predicted octanol–water partition coefficient (Wildman–Crippen LogP) is -0.689. The maximum absolute atomic E-state index is 11.2. The molecule has 5 heteroatoms. The van der Waals surface area contributed by atoms with Crippen molar-refractivity contribution < 1.29 is 9.59 Å². The van der Waals surface area contributed by atoms with Crippen molar-refractivity contribution in [1.82, 2.24) is 10.6 Å². The number of hydrogen-bond donors (Lipinski definition) is 3. The molecular weight excluding hydrogens is 176 g/mol. The highest BCUT2D eigenvalue weighted by atomic mass is 32.1. The van der Waals surface area contributed by atoms with E-state index in [1.165, 1.54) is 0 Å². The average Bonchev–Trinajstić information content (AvgIpc) is 2.56. The molecule has 12 heavy (non-hydrogen) atoms. The van der Waals surface area contributed by atoms with E-state index in [2.05, 4.69) is 23.3 Å². The maximum atomic E-state index is 11.2. The van der Waals surface area contributed by atoms with Crippen molar-refractivity contribution in [3.63, 3.8) is 0 Å². The van der Waals surface area contributed by atoms with E-state index >= 15 is 0 Å². The molecule has 0 aromatic carbocycles. The molecule has 0 bridgehead atoms. The first-order chi connectivity index (χ1) is 5.74. The van der Waals surface area contributed by atoms with Gasteiger partial charge in [0.1, 0.15) is 0 Å². The molecule has 0 aromatic heterocycles. The second-order valence-electron chi connectivity index (χ2n) is 2.72. The largest absolute Gasteiger partial charge is 0.306 e. The van der Waals surface area contributed by atoms with Crippen molar-refractivity contribution in [3.05, 3.63) is 0 Å². The molecule has 2 N–H and O–H groups in total. The van der Waals surface area contributed by atoms with Gasteiger partial charge in [-0.3, -0.25) is 14.9 Å². The number of thiol groups is 1. The summed E-state index contributed by atoms with van der Waals surface area (Å²) in [4.78, 5) is 21.9. The summed E-state index contributed by atoms with van der Waals surface area (Å²) in [5.74, 6) is -0.512. The lowest BCUT2D eigenvalue weighted by Gasteiger charge is -2.08. The summed E-state index contributed by atoms with van der Waals surface area (Å²) in [6, 6.07) is -0.186. The van der Waals surface area contributed by atoms with Crippen LogP contribution in [0.1, 0.15) is 12.8 Å². The number of hydrogen-bond acceptors (Lipinski definition) is 4. The summed E-state index contributed by atoms with van der Waals surface area (Å²) in [6.07, 6.45) is 1.80. The minimum Gasteiger partial charge on any atom is -0.306 e. The molecule has 2 amide bonds. The molecule has 1 heterocycles. The van der Waals surface area contributed by atoms with Gasteiger partial charge in [-0.15, -0.1) is 0 Å². The Morgan fingerprint density at radius 3 is 2.83 bits per heavy atom. The van der Waals surface area contributed by atoms with Gasteiger partial charge in [0.15, 0.2) is 0 Å². The van der Waals surface area contributed by atoms with Gasteiger partial charge in [-0.2, -0.15) is 12.6 Å². The van der Waals surface area contributed by atoms with Gasteiger partial charge in [0.05, 0.1) is 11.8 Å². The predicted molar refractivity (Wildman–Crippen MR) is 48.0 cm³/mol. The molecule has 0 spiro atoms. The van der Waals surface area contributed by atoms with Crippen LogP contribution >= 0.6 is 12.6 Å². The molecule has 4 nitrogen and oxygen atoms in total. The van der Waals surface area contributed by atoms with Crippen molar-refractivity contribution in [2.75, 3.05) is 12.3 Å². The fraction of sp³-hybridized carbons (Fsp3) is 0.714. The number of nitrogens with one attached hydrogen (secondary N) is 2. The Morgan fingerprint density at radius 2 is 2.33 bits per heavy atom. The van der Waals surface area contributed by atoms with E-state index in [1.54, 1.807) is 0 Å². The Bertz CT molecular complexity index is 190. The molecule has 1 aliphatic heterocycles. The van der Waals surface area contributed by atoms with Crippen LogP contribution in [0.15, 0.2) is 0 Å². The molecule has 0 radical (unpaired) electrons. The van der Waals surface area contributed by atoms with Crippen LogP contribution in [-0.4, -0.2) is 30.2 Å². The van der Waals surface area contributed by atoms with E-state index < -0.39 is 0 Å². The molecule has 1 aliphatic rings. The average molecular weight is 188 g/mol. The van der Waals surface area contributed by atoms with Crippen LogP contribution in [0.5, 0.6) is 0 Å². The molecule has 1 rings (SSSR count). The summed E-state index contributed by atoms with van der Waals surface area (Å²) in [6.45, 7) is 0.854. The van der Waals surface area contributed by atoms with Crippen LogP contribution in [0.4, 0.5) is 0 Å². The fourth-order valence-electron chi connectivity index (χ4n) is 1.17. The van der Waals surface area contributed by atoms with E-state index in [9.17, 15) is 9.59 Å². The first kappa shape index (κ1) is 9.54. The van der Waals surface area contributed by atoms with Crippen LogP contribution in [0.25, 0.3) is 0 Å². The third kappa shape index (κ3) is 2.49. The molecule has 1 atom stereocenters. The first-order valence-electron chi connectivity index (χ1n) is 3.92. The van der Waals surface area contributed by atoms with Crippen LogP contribution in [-0.2, 0) is 9.59 Å². The van der Waals surface area contributed by atoms with E-state index in [4.69, 9.17) is 0 Å². The topological polar surface area (TPSA) is 58.2 Å². The van der Waals surface area contributed by atoms with Crippen molar-refractivity contribution in [2.45, 2.75) is 18.9 Å². The standard InChI is InChI=1S/C7H12N2O2S/c10-6(4-12)9-7(11)5-2-1-3-8-5/h5,8,12H,1-4H2,(H,9,10,11)/t5-/m0/s1. The van der Waals surface area contributed by atoms with Crippen LogP contribution in [0, 0.1) is 0 Å². The summed E-state index contributed by atoms with van der Waals surface area (Å²) in [5.41, 5.74) is 0. The fourth-order valence-corrected chi connectivity index (χ4v) is 1.25. The lowest BCUT2D eigenvalue weighted by molar-refractivity contribution is -0.130. The Kier molecular flexibility index (Phi) is 3.55. The summed E-state index contributed by atoms with van der Waals surface area (Å²) < 4.78 is 0. The zero-order chi connectivity index (χ0) is 8.97. The third-order valence-electron chi connectivity index (χ3n) is 1.78. The number of amides is 2. The molecule has 1 fully saturated rings. The van der Waals surface area contributed by atoms with Crippen molar-refractivity contribution in [3.8, 4) is 0 Å². The summed E-state index contributed by atoms with van der Waals surface area (Å²) in [7, 11) is 0. The molecular formula is C7H12N2O2S. The minimum atomic E-state index is -0.336. The third-order valence-corrected chi connectivity index (χ3v) is 2.07. The number of rotatable bonds is 2. The highest BCUT2D eigenvalue weighted by molar-refractivity contribution is 7.81. The second-order valence-corrected chi connectivity index (χ2v) is 3.04. The van der Waals surface area contributed by atoms with Crippen molar-refractivity contribution >= 4 is 24.4 Å². The smallest absolute Gasteiger partial charge is 0.243 e. The van der Waals surface area contributed by atoms with Gasteiger partial charge in [0.2, 0.25) is 11.8 Å². The van der Waals surface area contributed by atoms with Gasteiger partial charge < -0.3 is 5.32 Å². The number of carbonyl (C=O) groups is 2. The van der Waals surface area contributed by atoms with Crippen LogP contribution in [0.2, 0.25) is 0 Å². The normalized spacial score (nSPS) is 22.2. The van der Waals surface area contributed by atoms with E-state index in [-0.39, 0.29) is 23.6 Å². The number of carbonyl (C=O) groups excluding carboxylic acids is 2. The van der Waals surface area contributed by atoms with E-state index in [0.29, 0.717) is 0 Å². The van der Waals surface area contributed by atoms with Crippen LogP contribution in [0.3, 0.4) is 0 Å².